The van der Waals surface area contributed by atoms with E-state index in [4.69, 9.17) is 5.11 Å². The van der Waals surface area contributed by atoms with Crippen molar-refractivity contribution >= 4 is 0 Å². The van der Waals surface area contributed by atoms with Gasteiger partial charge in [-0.15, -0.1) is 0 Å². The summed E-state index contributed by atoms with van der Waals surface area (Å²) in [6.45, 7) is 3.66. The van der Waals surface area contributed by atoms with E-state index in [-0.39, 0.29) is 12.3 Å². The molecule has 0 bridgehead atoms. The highest BCUT2D eigenvalue weighted by atomic mass is 19.4. The zero-order valence-electron chi connectivity index (χ0n) is 12.3. The number of hydrogen-bond donors (Lipinski definition) is 1. The zero-order valence-corrected chi connectivity index (χ0v) is 12.3. The minimum Gasteiger partial charge on any atom is -0.395 e. The van der Waals surface area contributed by atoms with Gasteiger partial charge in [-0.3, -0.25) is 4.90 Å². The Morgan fingerprint density at radius 1 is 1.14 bits per heavy atom. The molecule has 1 aromatic heterocycles. The number of nitrogens with zero attached hydrogens (tertiary/aromatic N) is 2. The van der Waals surface area contributed by atoms with E-state index in [1.807, 2.05) is 11.8 Å². The highest BCUT2D eigenvalue weighted by Crippen LogP contribution is 2.34. The summed E-state index contributed by atoms with van der Waals surface area (Å²) < 4.78 is 41.1. The molecule has 0 saturated heterocycles. The number of benzene rings is 1. The molecule has 3 nitrogen and oxygen atoms in total. The van der Waals surface area contributed by atoms with Crippen LogP contribution in [0.2, 0.25) is 0 Å². The van der Waals surface area contributed by atoms with Crippen LogP contribution in [0.5, 0.6) is 0 Å². The second-order valence-corrected chi connectivity index (χ2v) is 4.98. The lowest BCUT2D eigenvalue weighted by atomic mass is 10.1. The Hall–Kier alpha value is -1.79. The fourth-order valence-corrected chi connectivity index (χ4v) is 2.42. The molecular weight excluding hydrogens is 293 g/mol. The number of halogens is 3. The van der Waals surface area contributed by atoms with Crippen LogP contribution in [-0.4, -0.2) is 34.3 Å². The quantitative estimate of drug-likeness (QED) is 0.886. The molecule has 22 heavy (non-hydrogen) atoms. The number of aliphatic hydroxyl groups excluding tert-OH is 1. The standard InChI is InChI=1S/C16H19F3N2O/c1-2-20(10-11-22)12-13-6-5-9-21(13)15-8-4-3-7-14(15)16(17,18)19/h3-9,22H,2,10-12H2,1H3. The highest BCUT2D eigenvalue weighted by Gasteiger charge is 2.33. The monoisotopic (exact) mass is 312 g/mol. The Kier molecular flexibility index (Phi) is 5.26. The van der Waals surface area contributed by atoms with Crippen molar-refractivity contribution in [2.24, 2.45) is 0 Å². The molecule has 0 aliphatic rings. The van der Waals surface area contributed by atoms with Crippen LogP contribution in [0.15, 0.2) is 42.6 Å². The maximum atomic E-state index is 13.2. The predicted molar refractivity (Wildman–Crippen MR) is 78.8 cm³/mol. The van der Waals surface area contributed by atoms with Crippen LogP contribution < -0.4 is 0 Å². The van der Waals surface area contributed by atoms with Crippen LogP contribution in [0.4, 0.5) is 13.2 Å². The van der Waals surface area contributed by atoms with Gasteiger partial charge in [0.2, 0.25) is 0 Å². The lowest BCUT2D eigenvalue weighted by molar-refractivity contribution is -0.137. The first kappa shape index (κ1) is 16.6. The minimum atomic E-state index is -4.40. The number of aliphatic hydroxyl groups is 1. The van der Waals surface area contributed by atoms with Gasteiger partial charge >= 0.3 is 6.18 Å². The Morgan fingerprint density at radius 2 is 1.86 bits per heavy atom. The second-order valence-electron chi connectivity index (χ2n) is 4.98. The number of alkyl halides is 3. The molecule has 1 N–H and O–H groups in total. The smallest absolute Gasteiger partial charge is 0.395 e. The molecule has 0 aliphatic heterocycles. The molecule has 2 rings (SSSR count). The van der Waals surface area contributed by atoms with Crippen molar-refractivity contribution in [1.82, 2.24) is 9.47 Å². The number of rotatable bonds is 6. The molecule has 2 aromatic rings. The minimum absolute atomic E-state index is 0.0215. The topological polar surface area (TPSA) is 28.4 Å². The number of aromatic nitrogens is 1. The molecule has 1 heterocycles. The first-order valence-electron chi connectivity index (χ1n) is 7.13. The van der Waals surface area contributed by atoms with Crippen LogP contribution >= 0.6 is 0 Å². The van der Waals surface area contributed by atoms with Gasteiger partial charge in [0.15, 0.2) is 0 Å². The van der Waals surface area contributed by atoms with E-state index >= 15 is 0 Å². The Balaban J connectivity index is 2.38. The Morgan fingerprint density at radius 3 is 2.50 bits per heavy atom. The van der Waals surface area contributed by atoms with Gasteiger partial charge in [0.1, 0.15) is 0 Å². The van der Waals surface area contributed by atoms with Gasteiger partial charge in [0.25, 0.3) is 0 Å². The molecule has 0 unspecified atom stereocenters. The second kappa shape index (κ2) is 6.98. The lowest BCUT2D eigenvalue weighted by Gasteiger charge is -2.21. The molecule has 120 valence electrons. The van der Waals surface area contributed by atoms with Crippen LogP contribution in [0.3, 0.4) is 0 Å². The molecule has 0 radical (unpaired) electrons. The zero-order chi connectivity index (χ0) is 16.2. The van der Waals surface area contributed by atoms with Crippen LogP contribution in [0.1, 0.15) is 18.2 Å². The summed E-state index contributed by atoms with van der Waals surface area (Å²) in [5.74, 6) is 0. The van der Waals surface area contributed by atoms with Gasteiger partial charge in [-0.2, -0.15) is 13.2 Å². The van der Waals surface area contributed by atoms with Crippen LogP contribution in [0, 0.1) is 0 Å². The third kappa shape index (κ3) is 3.69. The average Bonchev–Trinajstić information content (AvgIpc) is 2.94. The first-order chi connectivity index (χ1) is 10.5. The normalized spacial score (nSPS) is 12.1. The molecule has 6 heteroatoms. The third-order valence-electron chi connectivity index (χ3n) is 3.55. The van der Waals surface area contributed by atoms with E-state index in [1.54, 1.807) is 29.0 Å². The molecule has 0 aliphatic carbocycles. The molecule has 0 fully saturated rings. The van der Waals surface area contributed by atoms with E-state index in [9.17, 15) is 13.2 Å². The van der Waals surface area contributed by atoms with Crippen LogP contribution in [-0.2, 0) is 12.7 Å². The van der Waals surface area contributed by atoms with Crippen molar-refractivity contribution in [2.75, 3.05) is 19.7 Å². The van der Waals surface area contributed by atoms with E-state index < -0.39 is 11.7 Å². The number of hydrogen-bond acceptors (Lipinski definition) is 2. The van der Waals surface area contributed by atoms with Crippen molar-refractivity contribution in [3.05, 3.63) is 53.9 Å². The van der Waals surface area contributed by atoms with Gasteiger partial charge in [-0.1, -0.05) is 19.1 Å². The van der Waals surface area contributed by atoms with Crippen molar-refractivity contribution in [1.29, 1.82) is 0 Å². The first-order valence-corrected chi connectivity index (χ1v) is 7.13. The van der Waals surface area contributed by atoms with Gasteiger partial charge in [0.05, 0.1) is 17.9 Å². The lowest BCUT2D eigenvalue weighted by Crippen LogP contribution is -2.27. The number of para-hydroxylation sites is 1. The summed E-state index contributed by atoms with van der Waals surface area (Å²) in [4.78, 5) is 1.97. The number of likely N-dealkylation sites (N-methyl/N-ethyl adjacent to an activating group) is 1. The van der Waals surface area contributed by atoms with E-state index in [0.29, 0.717) is 19.6 Å². The molecule has 0 atom stereocenters. The van der Waals surface area contributed by atoms with Crippen LogP contribution in [0.25, 0.3) is 5.69 Å². The van der Waals surface area contributed by atoms with E-state index in [1.165, 1.54) is 12.1 Å². The average molecular weight is 312 g/mol. The third-order valence-corrected chi connectivity index (χ3v) is 3.55. The van der Waals surface area contributed by atoms with E-state index in [2.05, 4.69) is 0 Å². The molecule has 1 aromatic carbocycles. The summed E-state index contributed by atoms with van der Waals surface area (Å²) in [7, 11) is 0. The molecule has 0 amide bonds. The van der Waals surface area contributed by atoms with Crippen molar-refractivity contribution < 1.29 is 18.3 Å². The predicted octanol–water partition coefficient (Wildman–Crippen LogP) is 3.31. The van der Waals surface area contributed by atoms with E-state index in [0.717, 1.165) is 11.8 Å². The summed E-state index contributed by atoms with van der Waals surface area (Å²) in [5.41, 5.74) is 0.222. The maximum Gasteiger partial charge on any atom is 0.418 e. The van der Waals surface area contributed by atoms with Gasteiger partial charge in [-0.05, 0) is 30.8 Å². The summed E-state index contributed by atoms with van der Waals surface area (Å²) in [6.07, 6.45) is -2.76. The summed E-state index contributed by atoms with van der Waals surface area (Å²) in [5, 5.41) is 9.04. The molecule has 0 spiro atoms. The largest absolute Gasteiger partial charge is 0.418 e. The Bertz CT molecular complexity index is 607. The fraction of sp³-hybridized carbons (Fsp3) is 0.375. The molecular formula is C16H19F3N2O. The van der Waals surface area contributed by atoms with Crippen molar-refractivity contribution in [3.63, 3.8) is 0 Å². The SMILES string of the molecule is CCN(CCO)Cc1cccn1-c1ccccc1C(F)(F)F. The van der Waals surface area contributed by atoms with Gasteiger partial charge in [-0.25, -0.2) is 0 Å². The summed E-state index contributed by atoms with van der Waals surface area (Å²) >= 11 is 0. The van der Waals surface area contributed by atoms with Crippen molar-refractivity contribution in [3.8, 4) is 5.69 Å². The van der Waals surface area contributed by atoms with Gasteiger partial charge < -0.3 is 9.67 Å². The summed E-state index contributed by atoms with van der Waals surface area (Å²) in [6, 6.07) is 9.07. The van der Waals surface area contributed by atoms with Crippen molar-refractivity contribution in [2.45, 2.75) is 19.6 Å². The molecule has 0 saturated carbocycles. The highest BCUT2D eigenvalue weighted by molar-refractivity contribution is 5.44. The fourth-order valence-electron chi connectivity index (χ4n) is 2.42. The maximum absolute atomic E-state index is 13.2. The Labute approximate surface area is 127 Å². The van der Waals surface area contributed by atoms with Gasteiger partial charge in [0, 0.05) is 25.0 Å².